The number of rotatable bonds is 5. The highest BCUT2D eigenvalue weighted by molar-refractivity contribution is 5.27. The van der Waals surface area contributed by atoms with Gasteiger partial charge in [0.2, 0.25) is 0 Å². The molecule has 0 spiro atoms. The largest absolute Gasteiger partial charge is 0.393 e. The van der Waals surface area contributed by atoms with Crippen molar-refractivity contribution in [1.82, 2.24) is 0 Å². The quantitative estimate of drug-likeness (QED) is 0.452. The first-order valence-corrected chi connectivity index (χ1v) is 13.2. The van der Waals surface area contributed by atoms with Gasteiger partial charge in [-0.1, -0.05) is 50.5 Å². The van der Waals surface area contributed by atoms with E-state index in [9.17, 15) is 5.11 Å². The van der Waals surface area contributed by atoms with Crippen LogP contribution < -0.4 is 0 Å². The first-order chi connectivity index (χ1) is 14.2. The van der Waals surface area contributed by atoms with Crippen molar-refractivity contribution in [2.75, 3.05) is 0 Å². The van der Waals surface area contributed by atoms with Crippen molar-refractivity contribution < 1.29 is 5.11 Å². The van der Waals surface area contributed by atoms with Crippen molar-refractivity contribution in [2.45, 2.75) is 118 Å². The number of hydrogen-bond donors (Lipinski definition) is 1. The van der Waals surface area contributed by atoms with Crippen LogP contribution in [-0.4, -0.2) is 11.2 Å². The molecule has 0 heterocycles. The molecule has 170 valence electrons. The molecule has 8 unspecified atom stereocenters. The number of hydrogen-bond acceptors (Lipinski definition) is 1. The van der Waals surface area contributed by atoms with Crippen molar-refractivity contribution in [2.24, 2.45) is 40.4 Å². The van der Waals surface area contributed by atoms with Crippen molar-refractivity contribution in [3.8, 4) is 0 Å². The SMILES string of the molecule is CCC(CCC(C)C1CCC2C3=CCC4CC(O)CCC4(C)C3CCC21C)=C(C)C. The maximum Gasteiger partial charge on any atom is 0.0543 e. The van der Waals surface area contributed by atoms with Gasteiger partial charge in [-0.05, 0) is 125 Å². The molecule has 0 amide bonds. The lowest BCUT2D eigenvalue weighted by molar-refractivity contribution is -0.0427. The Kier molecular flexibility index (Phi) is 6.35. The van der Waals surface area contributed by atoms with Gasteiger partial charge in [-0.2, -0.15) is 0 Å². The Labute approximate surface area is 186 Å². The summed E-state index contributed by atoms with van der Waals surface area (Å²) in [7, 11) is 0. The first-order valence-electron chi connectivity index (χ1n) is 13.2. The number of allylic oxidation sites excluding steroid dienone is 4. The standard InChI is InChI=1S/C29H48O/c1-7-21(19(2)3)9-8-20(4)25-12-13-26-24-11-10-22-18-23(30)14-16-28(22,5)27(24)15-17-29(25,26)6/h11,20,22-23,25-27,30H,7-10,12-18H2,1-6H3. The van der Waals surface area contributed by atoms with E-state index in [0.29, 0.717) is 16.7 Å². The minimum atomic E-state index is -0.0441. The summed E-state index contributed by atoms with van der Waals surface area (Å²) in [4.78, 5) is 0. The van der Waals surface area contributed by atoms with E-state index in [2.05, 4.69) is 47.6 Å². The summed E-state index contributed by atoms with van der Waals surface area (Å²) in [5.74, 6) is 4.09. The van der Waals surface area contributed by atoms with Gasteiger partial charge >= 0.3 is 0 Å². The Bertz CT molecular complexity index is 697. The highest BCUT2D eigenvalue weighted by atomic mass is 16.3. The van der Waals surface area contributed by atoms with E-state index in [-0.39, 0.29) is 6.10 Å². The van der Waals surface area contributed by atoms with Crippen molar-refractivity contribution in [3.05, 3.63) is 22.8 Å². The second-order valence-corrected chi connectivity index (χ2v) is 12.4. The third kappa shape index (κ3) is 3.66. The van der Waals surface area contributed by atoms with E-state index in [0.717, 1.165) is 36.5 Å². The number of aliphatic hydroxyl groups is 1. The van der Waals surface area contributed by atoms with Gasteiger partial charge < -0.3 is 5.11 Å². The summed E-state index contributed by atoms with van der Waals surface area (Å²) >= 11 is 0. The minimum Gasteiger partial charge on any atom is -0.393 e. The van der Waals surface area contributed by atoms with E-state index >= 15 is 0 Å². The summed E-state index contributed by atoms with van der Waals surface area (Å²) < 4.78 is 0. The predicted octanol–water partition coefficient (Wildman–Crippen LogP) is 8.09. The molecule has 8 atom stereocenters. The second-order valence-electron chi connectivity index (χ2n) is 12.4. The Hall–Kier alpha value is -0.560. The second kappa shape index (κ2) is 8.42. The Morgan fingerprint density at radius 1 is 1.07 bits per heavy atom. The Balaban J connectivity index is 1.50. The molecule has 1 heteroatoms. The fraction of sp³-hybridized carbons (Fsp3) is 0.862. The van der Waals surface area contributed by atoms with E-state index in [1.54, 1.807) is 11.1 Å². The van der Waals surface area contributed by atoms with Crippen LogP contribution in [0.25, 0.3) is 0 Å². The van der Waals surface area contributed by atoms with Gasteiger partial charge in [-0.3, -0.25) is 0 Å². The molecule has 3 saturated carbocycles. The van der Waals surface area contributed by atoms with Crippen LogP contribution in [0.1, 0.15) is 112 Å². The molecular weight excluding hydrogens is 364 g/mol. The molecule has 1 N–H and O–H groups in total. The van der Waals surface area contributed by atoms with Crippen LogP contribution in [0.4, 0.5) is 0 Å². The maximum atomic E-state index is 10.3. The van der Waals surface area contributed by atoms with Crippen LogP contribution in [0.15, 0.2) is 22.8 Å². The first kappa shape index (κ1) is 22.6. The highest BCUT2D eigenvalue weighted by Gasteiger charge is 2.58. The lowest BCUT2D eigenvalue weighted by Crippen LogP contribution is -2.49. The van der Waals surface area contributed by atoms with Gasteiger partial charge in [0.05, 0.1) is 6.10 Å². The molecule has 4 aliphatic carbocycles. The molecule has 0 radical (unpaired) electrons. The van der Waals surface area contributed by atoms with Gasteiger partial charge in [-0.15, -0.1) is 0 Å². The fourth-order valence-electron chi connectivity index (χ4n) is 8.85. The predicted molar refractivity (Wildman–Crippen MR) is 128 cm³/mol. The van der Waals surface area contributed by atoms with Gasteiger partial charge in [0.25, 0.3) is 0 Å². The normalized spacial score (nSPS) is 43.8. The average molecular weight is 413 g/mol. The zero-order valence-electron chi connectivity index (χ0n) is 20.8. The molecule has 0 saturated heterocycles. The summed E-state index contributed by atoms with van der Waals surface area (Å²) in [6.45, 7) is 14.7. The smallest absolute Gasteiger partial charge is 0.0543 e. The minimum absolute atomic E-state index is 0.0441. The molecule has 1 nitrogen and oxygen atoms in total. The molecule has 3 fully saturated rings. The zero-order valence-corrected chi connectivity index (χ0v) is 20.8. The van der Waals surface area contributed by atoms with E-state index in [1.165, 1.54) is 57.8 Å². The molecule has 4 rings (SSSR count). The van der Waals surface area contributed by atoms with E-state index in [4.69, 9.17) is 0 Å². The summed E-state index contributed by atoms with van der Waals surface area (Å²) in [6, 6.07) is 0. The molecule has 0 aromatic rings. The summed E-state index contributed by atoms with van der Waals surface area (Å²) in [5.41, 5.74) is 6.09. The van der Waals surface area contributed by atoms with Crippen molar-refractivity contribution in [3.63, 3.8) is 0 Å². The molecule has 0 aliphatic heterocycles. The van der Waals surface area contributed by atoms with E-state index in [1.807, 2.05) is 5.57 Å². The lowest BCUT2D eigenvalue weighted by Gasteiger charge is -2.57. The van der Waals surface area contributed by atoms with Crippen molar-refractivity contribution in [1.29, 1.82) is 0 Å². The van der Waals surface area contributed by atoms with Crippen LogP contribution in [0.2, 0.25) is 0 Å². The van der Waals surface area contributed by atoms with Gasteiger partial charge in [0.1, 0.15) is 0 Å². The molecule has 0 aromatic carbocycles. The van der Waals surface area contributed by atoms with Crippen LogP contribution in [0, 0.1) is 40.4 Å². The average Bonchev–Trinajstić information content (AvgIpc) is 3.06. The van der Waals surface area contributed by atoms with Crippen LogP contribution in [-0.2, 0) is 0 Å². The number of fused-ring (bicyclic) bond motifs is 5. The van der Waals surface area contributed by atoms with Crippen molar-refractivity contribution >= 4 is 0 Å². The lowest BCUT2D eigenvalue weighted by atomic mass is 9.47. The van der Waals surface area contributed by atoms with Crippen LogP contribution >= 0.6 is 0 Å². The molecule has 4 aliphatic rings. The molecular formula is C29H48O. The van der Waals surface area contributed by atoms with E-state index < -0.39 is 0 Å². The third-order valence-electron chi connectivity index (χ3n) is 10.8. The topological polar surface area (TPSA) is 20.2 Å². The monoisotopic (exact) mass is 412 g/mol. The Morgan fingerprint density at radius 2 is 1.77 bits per heavy atom. The summed E-state index contributed by atoms with van der Waals surface area (Å²) in [5, 5.41) is 10.3. The van der Waals surface area contributed by atoms with Crippen LogP contribution in [0.3, 0.4) is 0 Å². The van der Waals surface area contributed by atoms with Gasteiger partial charge in [0, 0.05) is 0 Å². The summed E-state index contributed by atoms with van der Waals surface area (Å²) in [6.07, 6.45) is 16.8. The molecule has 0 bridgehead atoms. The van der Waals surface area contributed by atoms with Gasteiger partial charge in [-0.25, -0.2) is 0 Å². The van der Waals surface area contributed by atoms with Crippen LogP contribution in [0.5, 0.6) is 0 Å². The molecule has 30 heavy (non-hydrogen) atoms. The highest BCUT2D eigenvalue weighted by Crippen LogP contribution is 2.67. The number of aliphatic hydroxyl groups excluding tert-OH is 1. The maximum absolute atomic E-state index is 10.3. The zero-order chi connectivity index (χ0) is 21.7. The third-order valence-corrected chi connectivity index (χ3v) is 10.8. The van der Waals surface area contributed by atoms with Gasteiger partial charge in [0.15, 0.2) is 0 Å². The fourth-order valence-corrected chi connectivity index (χ4v) is 8.85. The molecule has 0 aromatic heterocycles. The Morgan fingerprint density at radius 3 is 2.47 bits per heavy atom.